The van der Waals surface area contributed by atoms with E-state index in [-0.39, 0.29) is 11.6 Å². The Balaban J connectivity index is 1.76. The summed E-state index contributed by atoms with van der Waals surface area (Å²) in [5.74, 6) is 3.00. The largest absolute Gasteiger partial charge is 0.487 e. The summed E-state index contributed by atoms with van der Waals surface area (Å²) < 4.78 is 6.42. The number of nitrogens with one attached hydrogen (secondary N) is 2. The predicted octanol–water partition coefficient (Wildman–Crippen LogP) is 3.35. The van der Waals surface area contributed by atoms with E-state index in [2.05, 4.69) is 46.1 Å². The van der Waals surface area contributed by atoms with Crippen LogP contribution >= 0.6 is 11.8 Å². The second kappa shape index (κ2) is 7.47. The highest BCUT2D eigenvalue weighted by molar-refractivity contribution is 7.98. The number of guanidine groups is 1. The Kier molecular flexibility index (Phi) is 5.36. The van der Waals surface area contributed by atoms with Crippen LogP contribution in [0.3, 0.4) is 0 Å². The molecule has 0 amide bonds. The molecule has 1 atom stereocenters. The van der Waals surface area contributed by atoms with Crippen LogP contribution in [0.4, 0.5) is 0 Å². The van der Waals surface area contributed by atoms with Crippen LogP contribution in [0.2, 0.25) is 0 Å². The van der Waals surface area contributed by atoms with Gasteiger partial charge >= 0.3 is 0 Å². The molecule has 2 aliphatic rings. The quantitative estimate of drug-likeness (QED) is 0.504. The van der Waals surface area contributed by atoms with Crippen molar-refractivity contribution in [3.63, 3.8) is 0 Å². The summed E-state index contributed by atoms with van der Waals surface area (Å²) in [6.07, 6.45) is 8.02. The zero-order chi connectivity index (χ0) is 16.1. The molecular formula is C18H27N3OS. The molecule has 1 unspecified atom stereocenters. The van der Waals surface area contributed by atoms with Gasteiger partial charge in [-0.2, -0.15) is 11.8 Å². The molecule has 1 aliphatic heterocycles. The van der Waals surface area contributed by atoms with Crippen LogP contribution in [0.1, 0.15) is 43.7 Å². The lowest BCUT2D eigenvalue weighted by Gasteiger charge is -2.40. The number of fused-ring (bicyclic) bond motifs is 1. The van der Waals surface area contributed by atoms with Crippen molar-refractivity contribution in [2.24, 2.45) is 4.99 Å². The van der Waals surface area contributed by atoms with Crippen LogP contribution in [-0.2, 0) is 0 Å². The fourth-order valence-electron chi connectivity index (χ4n) is 3.70. The van der Waals surface area contributed by atoms with Crippen LogP contribution in [0.5, 0.6) is 5.75 Å². The van der Waals surface area contributed by atoms with Gasteiger partial charge in [0.2, 0.25) is 0 Å². The summed E-state index contributed by atoms with van der Waals surface area (Å²) in [5, 5.41) is 7.03. The molecule has 4 nitrogen and oxygen atoms in total. The van der Waals surface area contributed by atoms with Gasteiger partial charge in [-0.1, -0.05) is 18.2 Å². The van der Waals surface area contributed by atoms with E-state index in [1.54, 1.807) is 0 Å². The van der Waals surface area contributed by atoms with E-state index in [1.165, 1.54) is 18.4 Å². The molecule has 1 aliphatic carbocycles. The molecule has 1 aromatic rings. The summed E-state index contributed by atoms with van der Waals surface area (Å²) in [5.41, 5.74) is 1.27. The highest BCUT2D eigenvalue weighted by Crippen LogP contribution is 2.46. The minimum Gasteiger partial charge on any atom is -0.487 e. The number of ether oxygens (including phenoxy) is 1. The van der Waals surface area contributed by atoms with Crippen LogP contribution < -0.4 is 15.4 Å². The molecule has 23 heavy (non-hydrogen) atoms. The molecule has 126 valence electrons. The summed E-state index contributed by atoms with van der Waals surface area (Å²) >= 11 is 1.84. The summed E-state index contributed by atoms with van der Waals surface area (Å²) in [6, 6.07) is 8.69. The molecule has 1 fully saturated rings. The molecular weight excluding hydrogens is 306 g/mol. The summed E-state index contributed by atoms with van der Waals surface area (Å²) in [7, 11) is 1.84. The lowest BCUT2D eigenvalue weighted by Crippen LogP contribution is -2.47. The maximum Gasteiger partial charge on any atom is 0.191 e. The Morgan fingerprint density at radius 3 is 2.87 bits per heavy atom. The number of rotatable bonds is 4. The number of thioether (sulfide) groups is 1. The van der Waals surface area contributed by atoms with Gasteiger partial charge in [-0.25, -0.2) is 0 Å². The Morgan fingerprint density at radius 2 is 2.13 bits per heavy atom. The van der Waals surface area contributed by atoms with Gasteiger partial charge in [0.1, 0.15) is 11.4 Å². The normalized spacial score (nSPS) is 22.5. The fourth-order valence-corrected chi connectivity index (χ4v) is 4.01. The number of para-hydroxylation sites is 1. The van der Waals surface area contributed by atoms with E-state index in [4.69, 9.17) is 4.74 Å². The maximum absolute atomic E-state index is 6.42. The van der Waals surface area contributed by atoms with Gasteiger partial charge in [0, 0.05) is 31.3 Å². The number of aliphatic imine (C=N–C) groups is 1. The van der Waals surface area contributed by atoms with Crippen molar-refractivity contribution in [1.29, 1.82) is 0 Å². The van der Waals surface area contributed by atoms with Crippen molar-refractivity contribution in [3.05, 3.63) is 29.8 Å². The van der Waals surface area contributed by atoms with Crippen molar-refractivity contribution >= 4 is 17.7 Å². The van der Waals surface area contributed by atoms with Gasteiger partial charge in [0.15, 0.2) is 5.96 Å². The molecule has 2 N–H and O–H groups in total. The van der Waals surface area contributed by atoms with E-state index in [0.717, 1.165) is 43.3 Å². The highest BCUT2D eigenvalue weighted by Gasteiger charge is 2.43. The third kappa shape index (κ3) is 3.77. The molecule has 1 saturated carbocycles. The third-order valence-electron chi connectivity index (χ3n) is 4.84. The number of nitrogens with zero attached hydrogens (tertiary/aromatic N) is 1. The minimum absolute atomic E-state index is 0.0180. The fraction of sp³-hybridized carbons (Fsp3) is 0.611. The standard InChI is InChI=1S/C18H27N3OS/c1-19-17(20-11-12-23-2)21-15-13-18(9-5-6-10-18)22-16-8-4-3-7-14(15)16/h3-4,7-8,15H,5-6,9-13H2,1-2H3,(H2,19,20,21). The van der Waals surface area contributed by atoms with Crippen molar-refractivity contribution in [3.8, 4) is 5.75 Å². The second-order valence-electron chi connectivity index (χ2n) is 6.42. The van der Waals surface area contributed by atoms with Crippen molar-refractivity contribution in [2.45, 2.75) is 43.7 Å². The average molecular weight is 334 g/mol. The molecule has 1 aromatic carbocycles. The minimum atomic E-state index is 0.0180. The molecule has 1 heterocycles. The monoisotopic (exact) mass is 333 g/mol. The molecule has 3 rings (SSSR count). The molecule has 0 saturated heterocycles. The van der Waals surface area contributed by atoms with Crippen LogP contribution in [0.25, 0.3) is 0 Å². The molecule has 5 heteroatoms. The van der Waals surface area contributed by atoms with Gasteiger partial charge in [-0.15, -0.1) is 0 Å². The number of benzene rings is 1. The first kappa shape index (κ1) is 16.5. The molecule has 0 radical (unpaired) electrons. The molecule has 0 bridgehead atoms. The van der Waals surface area contributed by atoms with Gasteiger partial charge in [0.25, 0.3) is 0 Å². The maximum atomic E-state index is 6.42. The van der Waals surface area contributed by atoms with Gasteiger partial charge in [0.05, 0.1) is 6.04 Å². The van der Waals surface area contributed by atoms with Crippen molar-refractivity contribution < 1.29 is 4.74 Å². The number of hydrogen-bond acceptors (Lipinski definition) is 3. The van der Waals surface area contributed by atoms with Gasteiger partial charge in [-0.3, -0.25) is 4.99 Å². The third-order valence-corrected chi connectivity index (χ3v) is 5.46. The number of hydrogen-bond donors (Lipinski definition) is 2. The van der Waals surface area contributed by atoms with Crippen LogP contribution in [0.15, 0.2) is 29.3 Å². The lowest BCUT2D eigenvalue weighted by atomic mass is 9.86. The van der Waals surface area contributed by atoms with Crippen LogP contribution in [0, 0.1) is 0 Å². The Hall–Kier alpha value is -1.36. The average Bonchev–Trinajstić information content (AvgIpc) is 3.01. The van der Waals surface area contributed by atoms with Crippen molar-refractivity contribution in [2.75, 3.05) is 25.6 Å². The first-order valence-electron chi connectivity index (χ1n) is 8.50. The molecule has 1 spiro atoms. The summed E-state index contributed by atoms with van der Waals surface area (Å²) in [4.78, 5) is 4.39. The van der Waals surface area contributed by atoms with Gasteiger partial charge in [-0.05, 0) is 38.0 Å². The smallest absolute Gasteiger partial charge is 0.191 e. The van der Waals surface area contributed by atoms with E-state index in [0.29, 0.717) is 0 Å². The first-order valence-corrected chi connectivity index (χ1v) is 9.90. The Labute approximate surface area is 143 Å². The zero-order valence-electron chi connectivity index (χ0n) is 14.1. The Morgan fingerprint density at radius 1 is 1.35 bits per heavy atom. The first-order chi connectivity index (χ1) is 11.3. The van der Waals surface area contributed by atoms with E-state index in [1.807, 2.05) is 18.8 Å². The van der Waals surface area contributed by atoms with Crippen LogP contribution in [-0.4, -0.2) is 37.2 Å². The highest BCUT2D eigenvalue weighted by atomic mass is 32.2. The van der Waals surface area contributed by atoms with E-state index >= 15 is 0 Å². The SMILES string of the molecule is CN=C(NCCSC)NC1CC2(CCCC2)Oc2ccccc21. The Bertz CT molecular complexity index is 555. The van der Waals surface area contributed by atoms with Gasteiger partial charge < -0.3 is 15.4 Å². The predicted molar refractivity (Wildman–Crippen MR) is 98.5 cm³/mol. The zero-order valence-corrected chi connectivity index (χ0v) is 14.9. The summed E-state index contributed by atoms with van der Waals surface area (Å²) in [6.45, 7) is 0.927. The van der Waals surface area contributed by atoms with E-state index in [9.17, 15) is 0 Å². The second-order valence-corrected chi connectivity index (χ2v) is 7.41. The van der Waals surface area contributed by atoms with Crippen molar-refractivity contribution in [1.82, 2.24) is 10.6 Å². The topological polar surface area (TPSA) is 45.7 Å². The van der Waals surface area contributed by atoms with E-state index < -0.39 is 0 Å². The lowest BCUT2D eigenvalue weighted by molar-refractivity contribution is 0.0396. The molecule has 0 aromatic heterocycles.